The molecule has 0 saturated carbocycles. The summed E-state index contributed by atoms with van der Waals surface area (Å²) in [5.41, 5.74) is 0.622. The number of benzene rings is 2. The lowest BCUT2D eigenvalue weighted by atomic mass is 9.99. The largest absolute Gasteiger partial charge is 0.497 e. The number of aliphatic hydroxyl groups excluding tert-OH is 1. The topological polar surface area (TPSA) is 58.6 Å². The molecule has 0 aromatic heterocycles. The van der Waals surface area contributed by atoms with Crippen LogP contribution in [0.5, 0.6) is 5.75 Å². The van der Waals surface area contributed by atoms with Gasteiger partial charge in [0.05, 0.1) is 7.11 Å². The maximum Gasteiger partial charge on any atom is 0.251 e. The van der Waals surface area contributed by atoms with Gasteiger partial charge in [-0.25, -0.2) is 8.78 Å². The van der Waals surface area contributed by atoms with Gasteiger partial charge in [-0.05, 0) is 54.4 Å². The van der Waals surface area contributed by atoms with Crippen LogP contribution in [0.15, 0.2) is 42.5 Å². The Morgan fingerprint density at radius 3 is 2.54 bits per heavy atom. The highest BCUT2D eigenvalue weighted by Crippen LogP contribution is 2.15. The van der Waals surface area contributed by atoms with E-state index in [-0.39, 0.29) is 31.0 Å². The van der Waals surface area contributed by atoms with Crippen LogP contribution in [-0.4, -0.2) is 31.3 Å². The number of carbonyl (C=O) groups excluding carboxylic acids is 1. The van der Waals surface area contributed by atoms with Crippen molar-refractivity contribution in [2.45, 2.75) is 6.42 Å². The molecule has 1 amide bonds. The van der Waals surface area contributed by atoms with Crippen molar-refractivity contribution in [2.75, 3.05) is 20.3 Å². The number of amides is 1. The molecule has 0 aliphatic heterocycles. The van der Waals surface area contributed by atoms with Crippen molar-refractivity contribution < 1.29 is 23.4 Å². The molecule has 2 rings (SSSR count). The Morgan fingerprint density at radius 2 is 1.92 bits per heavy atom. The number of rotatable bonds is 7. The van der Waals surface area contributed by atoms with E-state index in [1.54, 1.807) is 24.3 Å². The summed E-state index contributed by atoms with van der Waals surface area (Å²) in [5.74, 6) is -1.15. The number of aliphatic hydroxyl groups is 1. The molecule has 0 saturated heterocycles. The van der Waals surface area contributed by atoms with E-state index in [0.29, 0.717) is 11.3 Å². The molecule has 1 atom stereocenters. The van der Waals surface area contributed by atoms with Gasteiger partial charge in [-0.3, -0.25) is 4.79 Å². The van der Waals surface area contributed by atoms with Crippen LogP contribution in [0.2, 0.25) is 0 Å². The summed E-state index contributed by atoms with van der Waals surface area (Å²) in [4.78, 5) is 12.1. The average molecular weight is 335 g/mol. The lowest BCUT2D eigenvalue weighted by molar-refractivity contribution is 0.0940. The fourth-order valence-electron chi connectivity index (χ4n) is 2.29. The Labute approximate surface area is 139 Å². The maximum absolute atomic E-state index is 13.7. The molecule has 0 aliphatic rings. The van der Waals surface area contributed by atoms with Crippen LogP contribution in [0.25, 0.3) is 0 Å². The van der Waals surface area contributed by atoms with Crippen molar-refractivity contribution in [3.05, 3.63) is 65.2 Å². The van der Waals surface area contributed by atoms with Crippen molar-refractivity contribution in [3.8, 4) is 5.75 Å². The summed E-state index contributed by atoms with van der Waals surface area (Å²) >= 11 is 0. The van der Waals surface area contributed by atoms with Crippen LogP contribution in [0.1, 0.15) is 15.9 Å². The fourth-order valence-corrected chi connectivity index (χ4v) is 2.29. The van der Waals surface area contributed by atoms with E-state index in [2.05, 4.69) is 5.32 Å². The minimum atomic E-state index is -0.537. The number of hydrogen-bond donors (Lipinski definition) is 2. The van der Waals surface area contributed by atoms with Crippen molar-refractivity contribution in [2.24, 2.45) is 5.92 Å². The van der Waals surface area contributed by atoms with Crippen LogP contribution in [0.4, 0.5) is 8.78 Å². The van der Waals surface area contributed by atoms with E-state index in [9.17, 15) is 18.7 Å². The summed E-state index contributed by atoms with van der Waals surface area (Å²) in [7, 11) is 1.53. The minimum absolute atomic E-state index is 0.128. The second-order valence-corrected chi connectivity index (χ2v) is 5.43. The third-order valence-corrected chi connectivity index (χ3v) is 3.68. The molecule has 2 aromatic carbocycles. The standard InChI is InChI=1S/C18H19F2NO3/c1-24-16-5-2-13(3-6-16)18(23)21-10-12(11-22)8-14-9-15(19)4-7-17(14)20/h2-7,9,12,22H,8,10-11H2,1H3,(H,21,23)/t12-/m0/s1. The van der Waals surface area contributed by atoms with Crippen LogP contribution < -0.4 is 10.1 Å². The number of carbonyl (C=O) groups is 1. The zero-order valence-electron chi connectivity index (χ0n) is 13.3. The summed E-state index contributed by atoms with van der Waals surface area (Å²) in [6.07, 6.45) is 0.128. The molecule has 6 heteroatoms. The Morgan fingerprint density at radius 1 is 1.21 bits per heavy atom. The number of methoxy groups -OCH3 is 1. The highest BCUT2D eigenvalue weighted by Gasteiger charge is 2.14. The molecule has 128 valence electrons. The van der Waals surface area contributed by atoms with Crippen LogP contribution >= 0.6 is 0 Å². The Hall–Kier alpha value is -2.47. The van der Waals surface area contributed by atoms with Gasteiger partial charge < -0.3 is 15.2 Å². The molecule has 0 radical (unpaired) electrons. The van der Waals surface area contributed by atoms with Gasteiger partial charge in [-0.2, -0.15) is 0 Å². The highest BCUT2D eigenvalue weighted by molar-refractivity contribution is 5.94. The second kappa shape index (κ2) is 8.40. The number of hydrogen-bond acceptors (Lipinski definition) is 3. The third-order valence-electron chi connectivity index (χ3n) is 3.68. The van der Waals surface area contributed by atoms with Gasteiger partial charge in [-0.15, -0.1) is 0 Å². The molecular formula is C18H19F2NO3. The first-order chi connectivity index (χ1) is 11.5. The van der Waals surface area contributed by atoms with Gasteiger partial charge in [0, 0.05) is 24.6 Å². The minimum Gasteiger partial charge on any atom is -0.497 e. The van der Waals surface area contributed by atoms with E-state index in [0.717, 1.165) is 18.2 Å². The zero-order chi connectivity index (χ0) is 17.5. The monoisotopic (exact) mass is 335 g/mol. The van der Waals surface area contributed by atoms with Crippen molar-refractivity contribution in [1.29, 1.82) is 0 Å². The van der Waals surface area contributed by atoms with E-state index in [1.165, 1.54) is 7.11 Å². The molecular weight excluding hydrogens is 316 g/mol. The maximum atomic E-state index is 13.7. The lowest BCUT2D eigenvalue weighted by Crippen LogP contribution is -2.32. The third kappa shape index (κ3) is 4.76. The number of nitrogens with one attached hydrogen (secondary N) is 1. The second-order valence-electron chi connectivity index (χ2n) is 5.43. The molecule has 4 nitrogen and oxygen atoms in total. The highest BCUT2D eigenvalue weighted by atomic mass is 19.1. The first-order valence-corrected chi connectivity index (χ1v) is 7.50. The van der Waals surface area contributed by atoms with Crippen molar-refractivity contribution in [3.63, 3.8) is 0 Å². The van der Waals surface area contributed by atoms with Crippen molar-refractivity contribution >= 4 is 5.91 Å². The molecule has 0 aliphatic carbocycles. The Bertz CT molecular complexity index is 689. The summed E-state index contributed by atoms with van der Waals surface area (Å²) in [5, 5.41) is 12.1. The van der Waals surface area contributed by atoms with Crippen molar-refractivity contribution in [1.82, 2.24) is 5.32 Å². The predicted molar refractivity (Wildman–Crippen MR) is 86.0 cm³/mol. The molecule has 0 unspecified atom stereocenters. The van der Waals surface area contributed by atoms with E-state index in [4.69, 9.17) is 4.74 Å². The van der Waals surface area contributed by atoms with Gasteiger partial charge in [0.15, 0.2) is 0 Å². The summed E-state index contributed by atoms with van der Waals surface area (Å²) in [6, 6.07) is 9.76. The molecule has 24 heavy (non-hydrogen) atoms. The van der Waals surface area contributed by atoms with E-state index in [1.807, 2.05) is 0 Å². The Balaban J connectivity index is 1.94. The molecule has 2 aromatic rings. The average Bonchev–Trinajstić information content (AvgIpc) is 2.61. The normalized spacial score (nSPS) is 11.8. The van der Waals surface area contributed by atoms with Gasteiger partial charge in [0.1, 0.15) is 17.4 Å². The quantitative estimate of drug-likeness (QED) is 0.818. The number of halogens is 2. The van der Waals surface area contributed by atoms with Crippen LogP contribution in [-0.2, 0) is 6.42 Å². The first-order valence-electron chi connectivity index (χ1n) is 7.50. The fraction of sp³-hybridized carbons (Fsp3) is 0.278. The molecule has 0 fully saturated rings. The van der Waals surface area contributed by atoms with Gasteiger partial charge in [0.25, 0.3) is 5.91 Å². The van der Waals surface area contributed by atoms with E-state index < -0.39 is 17.6 Å². The summed E-state index contributed by atoms with van der Waals surface area (Å²) in [6.45, 7) is -0.101. The number of ether oxygens (including phenoxy) is 1. The summed E-state index contributed by atoms with van der Waals surface area (Å²) < 4.78 is 31.9. The first kappa shape index (κ1) is 17.9. The van der Waals surface area contributed by atoms with Crippen LogP contribution in [0.3, 0.4) is 0 Å². The molecule has 0 spiro atoms. The molecule has 2 N–H and O–H groups in total. The molecule has 0 bridgehead atoms. The van der Waals surface area contributed by atoms with Gasteiger partial charge >= 0.3 is 0 Å². The SMILES string of the molecule is COc1ccc(C(=O)NC[C@@H](CO)Cc2cc(F)ccc2F)cc1. The molecule has 0 heterocycles. The lowest BCUT2D eigenvalue weighted by Gasteiger charge is -2.16. The Kier molecular flexibility index (Phi) is 6.26. The zero-order valence-corrected chi connectivity index (χ0v) is 13.3. The van der Waals surface area contributed by atoms with Gasteiger partial charge in [0.2, 0.25) is 0 Å². The van der Waals surface area contributed by atoms with Crippen LogP contribution in [0, 0.1) is 17.6 Å². The van der Waals surface area contributed by atoms with E-state index >= 15 is 0 Å². The van der Waals surface area contributed by atoms with Gasteiger partial charge in [-0.1, -0.05) is 0 Å². The smallest absolute Gasteiger partial charge is 0.251 e. The predicted octanol–water partition coefficient (Wildman–Crippen LogP) is 2.55.